The van der Waals surface area contributed by atoms with Crippen molar-refractivity contribution < 1.29 is 4.79 Å². The summed E-state index contributed by atoms with van der Waals surface area (Å²) in [6, 6.07) is 7.84. The minimum atomic E-state index is -0.317. The first-order chi connectivity index (χ1) is 10.2. The Balaban J connectivity index is 1.88. The molecule has 1 atom stereocenters. The maximum Gasteiger partial charge on any atom is 0.244 e. The highest BCUT2D eigenvalue weighted by Crippen LogP contribution is 2.40. The standard InChI is InChI=1S/C16H21ClN2OS/c1-21-11-10-19-14(12-4-6-13(17)7-5-12)18-16(15(19)20)8-2-3-9-16/h4-7,14,18H,2-3,8-11H2,1H3. The second kappa shape index (κ2) is 6.19. The first-order valence-corrected chi connectivity index (χ1v) is 9.27. The van der Waals surface area contributed by atoms with E-state index in [0.29, 0.717) is 0 Å². The van der Waals surface area contributed by atoms with Gasteiger partial charge in [0.25, 0.3) is 0 Å². The van der Waals surface area contributed by atoms with Crippen molar-refractivity contribution in [2.24, 2.45) is 0 Å². The van der Waals surface area contributed by atoms with Gasteiger partial charge in [0.05, 0.1) is 5.54 Å². The van der Waals surface area contributed by atoms with Crippen molar-refractivity contribution in [3.63, 3.8) is 0 Å². The molecule has 21 heavy (non-hydrogen) atoms. The number of halogens is 1. The van der Waals surface area contributed by atoms with Gasteiger partial charge in [0.15, 0.2) is 0 Å². The van der Waals surface area contributed by atoms with Gasteiger partial charge < -0.3 is 4.90 Å². The average molecular weight is 325 g/mol. The normalized spacial score (nSPS) is 24.2. The summed E-state index contributed by atoms with van der Waals surface area (Å²) in [4.78, 5) is 14.9. The van der Waals surface area contributed by atoms with Crippen LogP contribution in [-0.2, 0) is 4.79 Å². The molecule has 2 aliphatic rings. The van der Waals surface area contributed by atoms with Gasteiger partial charge in [-0.3, -0.25) is 10.1 Å². The van der Waals surface area contributed by atoms with Crippen molar-refractivity contribution >= 4 is 29.3 Å². The molecule has 1 saturated heterocycles. The molecule has 1 spiro atoms. The molecule has 1 unspecified atom stereocenters. The maximum atomic E-state index is 12.9. The number of hydrogen-bond donors (Lipinski definition) is 1. The van der Waals surface area contributed by atoms with Gasteiger partial charge >= 0.3 is 0 Å². The third-order valence-electron chi connectivity index (χ3n) is 4.57. The number of nitrogens with one attached hydrogen (secondary N) is 1. The SMILES string of the molecule is CSCCN1C(=O)C2(CCCC2)NC1c1ccc(Cl)cc1. The molecule has 1 aromatic carbocycles. The van der Waals surface area contributed by atoms with Gasteiger partial charge in [0.1, 0.15) is 6.17 Å². The molecule has 1 N–H and O–H groups in total. The molecule has 1 saturated carbocycles. The van der Waals surface area contributed by atoms with Gasteiger partial charge in [-0.25, -0.2) is 0 Å². The molecule has 1 aliphatic heterocycles. The van der Waals surface area contributed by atoms with Crippen LogP contribution < -0.4 is 5.32 Å². The van der Waals surface area contributed by atoms with E-state index >= 15 is 0 Å². The second-order valence-corrected chi connectivity index (χ2v) is 7.30. The molecule has 5 heteroatoms. The molecule has 0 bridgehead atoms. The highest BCUT2D eigenvalue weighted by molar-refractivity contribution is 7.98. The zero-order chi connectivity index (χ0) is 14.9. The summed E-state index contributed by atoms with van der Waals surface area (Å²) < 4.78 is 0. The van der Waals surface area contributed by atoms with Crippen molar-refractivity contribution in [3.05, 3.63) is 34.9 Å². The third-order valence-corrected chi connectivity index (χ3v) is 5.42. The van der Waals surface area contributed by atoms with E-state index in [0.717, 1.165) is 48.6 Å². The van der Waals surface area contributed by atoms with Crippen molar-refractivity contribution in [2.75, 3.05) is 18.6 Å². The van der Waals surface area contributed by atoms with Gasteiger partial charge in [0.2, 0.25) is 5.91 Å². The first kappa shape index (κ1) is 15.2. The molecule has 1 aromatic rings. The highest BCUT2D eigenvalue weighted by Gasteiger charge is 2.52. The van der Waals surface area contributed by atoms with Crippen LogP contribution >= 0.6 is 23.4 Å². The summed E-state index contributed by atoms with van der Waals surface area (Å²) in [5.74, 6) is 1.25. The molecule has 114 valence electrons. The molecule has 0 aromatic heterocycles. The van der Waals surface area contributed by atoms with Crippen LogP contribution in [-0.4, -0.2) is 34.9 Å². The van der Waals surface area contributed by atoms with E-state index in [9.17, 15) is 4.79 Å². The van der Waals surface area contributed by atoms with Gasteiger partial charge in [-0.1, -0.05) is 36.6 Å². The summed E-state index contributed by atoms with van der Waals surface area (Å²) in [5, 5.41) is 4.37. The van der Waals surface area contributed by atoms with Crippen LogP contribution in [0.25, 0.3) is 0 Å². The molecule has 1 aliphatic carbocycles. The van der Waals surface area contributed by atoms with Crippen LogP contribution in [0.5, 0.6) is 0 Å². The molecular formula is C16H21ClN2OS. The molecule has 2 fully saturated rings. The van der Waals surface area contributed by atoms with Crippen LogP contribution in [0.2, 0.25) is 5.02 Å². The number of carbonyl (C=O) groups excluding carboxylic acids is 1. The van der Waals surface area contributed by atoms with Gasteiger partial charge in [-0.15, -0.1) is 0 Å². The summed E-state index contributed by atoms with van der Waals surface area (Å²) in [6.45, 7) is 0.794. The monoisotopic (exact) mass is 324 g/mol. The van der Waals surface area contributed by atoms with Gasteiger partial charge in [0, 0.05) is 17.3 Å². The Bertz CT molecular complexity index is 514. The zero-order valence-electron chi connectivity index (χ0n) is 12.3. The predicted octanol–water partition coefficient (Wildman–Crippen LogP) is 3.45. The lowest BCUT2D eigenvalue weighted by Crippen LogP contribution is -2.44. The maximum absolute atomic E-state index is 12.9. The number of thioether (sulfide) groups is 1. The minimum absolute atomic E-state index is 0.0139. The molecular weight excluding hydrogens is 304 g/mol. The Morgan fingerprint density at radius 2 is 2.00 bits per heavy atom. The molecule has 3 rings (SSSR count). The molecule has 1 heterocycles. The van der Waals surface area contributed by atoms with Gasteiger partial charge in [-0.2, -0.15) is 11.8 Å². The topological polar surface area (TPSA) is 32.3 Å². The first-order valence-electron chi connectivity index (χ1n) is 7.49. The largest absolute Gasteiger partial charge is 0.320 e. The predicted molar refractivity (Wildman–Crippen MR) is 88.6 cm³/mol. The van der Waals surface area contributed by atoms with Crippen LogP contribution in [0.15, 0.2) is 24.3 Å². The van der Waals surface area contributed by atoms with Crippen LogP contribution in [0, 0.1) is 0 Å². The van der Waals surface area contributed by atoms with E-state index in [1.54, 1.807) is 11.8 Å². The van der Waals surface area contributed by atoms with Crippen molar-refractivity contribution in [1.82, 2.24) is 10.2 Å². The Hall–Kier alpha value is -0.710. The lowest BCUT2D eigenvalue weighted by molar-refractivity contribution is -0.133. The molecule has 1 amide bonds. The summed E-state index contributed by atoms with van der Waals surface area (Å²) in [7, 11) is 0. The minimum Gasteiger partial charge on any atom is -0.320 e. The zero-order valence-corrected chi connectivity index (χ0v) is 13.8. The van der Waals surface area contributed by atoms with E-state index in [-0.39, 0.29) is 17.6 Å². The Kier molecular flexibility index (Phi) is 4.48. The second-order valence-electron chi connectivity index (χ2n) is 5.88. The van der Waals surface area contributed by atoms with Crippen molar-refractivity contribution in [2.45, 2.75) is 37.4 Å². The number of nitrogens with zero attached hydrogens (tertiary/aromatic N) is 1. The third kappa shape index (κ3) is 2.81. The van der Waals surface area contributed by atoms with Crippen molar-refractivity contribution in [3.8, 4) is 0 Å². The number of carbonyl (C=O) groups is 1. The number of hydrogen-bond acceptors (Lipinski definition) is 3. The van der Waals surface area contributed by atoms with Crippen LogP contribution in [0.1, 0.15) is 37.4 Å². The molecule has 3 nitrogen and oxygen atoms in total. The quantitative estimate of drug-likeness (QED) is 0.920. The number of benzene rings is 1. The van der Waals surface area contributed by atoms with E-state index in [2.05, 4.69) is 11.6 Å². The van der Waals surface area contributed by atoms with Crippen molar-refractivity contribution in [1.29, 1.82) is 0 Å². The lowest BCUT2D eigenvalue weighted by atomic mass is 9.98. The number of rotatable bonds is 4. The fraction of sp³-hybridized carbons (Fsp3) is 0.562. The van der Waals surface area contributed by atoms with E-state index < -0.39 is 0 Å². The highest BCUT2D eigenvalue weighted by atomic mass is 35.5. The average Bonchev–Trinajstić information content (AvgIpc) is 3.06. The Morgan fingerprint density at radius 3 is 2.62 bits per heavy atom. The van der Waals surface area contributed by atoms with E-state index in [1.807, 2.05) is 29.2 Å². The Morgan fingerprint density at radius 1 is 1.33 bits per heavy atom. The lowest BCUT2D eigenvalue weighted by Gasteiger charge is -2.24. The summed E-state index contributed by atoms with van der Waals surface area (Å²) in [6.07, 6.45) is 6.28. The molecule has 0 radical (unpaired) electrons. The number of amides is 1. The van der Waals surface area contributed by atoms with Crippen LogP contribution in [0.4, 0.5) is 0 Å². The smallest absolute Gasteiger partial charge is 0.244 e. The van der Waals surface area contributed by atoms with E-state index in [1.165, 1.54) is 0 Å². The summed E-state index contributed by atoms with van der Waals surface area (Å²) >= 11 is 7.76. The van der Waals surface area contributed by atoms with E-state index in [4.69, 9.17) is 11.6 Å². The Labute approximate surface area is 135 Å². The fourth-order valence-electron chi connectivity index (χ4n) is 3.46. The van der Waals surface area contributed by atoms with Gasteiger partial charge in [-0.05, 0) is 36.8 Å². The van der Waals surface area contributed by atoms with Crippen LogP contribution in [0.3, 0.4) is 0 Å². The summed E-state index contributed by atoms with van der Waals surface area (Å²) in [5.41, 5.74) is 0.806. The fourth-order valence-corrected chi connectivity index (χ4v) is 3.96.